The van der Waals surface area contributed by atoms with Gasteiger partial charge in [-0.3, -0.25) is 4.90 Å². The molecule has 22 heavy (non-hydrogen) atoms. The largest absolute Gasteiger partial charge is 0.349 e. The number of thiazole rings is 1. The predicted molar refractivity (Wildman–Crippen MR) is 97.4 cm³/mol. The van der Waals surface area contributed by atoms with E-state index in [1.807, 2.05) is 11.3 Å². The van der Waals surface area contributed by atoms with E-state index in [1.165, 1.54) is 55.5 Å². The summed E-state index contributed by atoms with van der Waals surface area (Å²) in [5.74, 6) is 0. The van der Waals surface area contributed by atoms with Crippen LogP contribution in [0.15, 0.2) is 6.20 Å². The number of likely N-dealkylation sites (tertiary alicyclic amines) is 1. The Labute approximate surface area is 144 Å². The highest BCUT2D eigenvalue weighted by Crippen LogP contribution is 2.39. The molecule has 126 valence electrons. The number of piperidine rings is 1. The summed E-state index contributed by atoms with van der Waals surface area (Å²) in [4.78, 5) is 11.0. The van der Waals surface area contributed by atoms with Crippen molar-refractivity contribution >= 4 is 28.9 Å². The molecule has 0 saturated carbocycles. The lowest BCUT2D eigenvalue weighted by molar-refractivity contribution is 0.194. The summed E-state index contributed by atoms with van der Waals surface area (Å²) >= 11 is 1.87. The van der Waals surface area contributed by atoms with E-state index < -0.39 is 0 Å². The number of hydrogen-bond donors (Lipinski definition) is 1. The molecule has 1 aromatic heterocycles. The topological polar surface area (TPSA) is 31.4 Å². The SMILES string of the molecule is CCN(CC)c1ncc(CN2CCC3(CCNCC3)C2)s1.Cl. The van der Waals surface area contributed by atoms with E-state index in [1.54, 1.807) is 0 Å². The third-order valence-corrected chi connectivity index (χ3v) is 6.18. The fourth-order valence-electron chi connectivity index (χ4n) is 3.76. The van der Waals surface area contributed by atoms with Gasteiger partial charge in [0, 0.05) is 37.3 Å². The molecule has 2 aliphatic heterocycles. The monoisotopic (exact) mass is 344 g/mol. The number of nitrogens with zero attached hydrogens (tertiary/aromatic N) is 3. The van der Waals surface area contributed by atoms with E-state index >= 15 is 0 Å². The van der Waals surface area contributed by atoms with Crippen LogP contribution >= 0.6 is 23.7 Å². The number of hydrogen-bond acceptors (Lipinski definition) is 5. The Morgan fingerprint density at radius 1 is 1.27 bits per heavy atom. The third kappa shape index (κ3) is 3.94. The Hall–Kier alpha value is -0.360. The van der Waals surface area contributed by atoms with Crippen LogP contribution in [0.4, 0.5) is 5.13 Å². The van der Waals surface area contributed by atoms with Crippen molar-refractivity contribution in [2.24, 2.45) is 5.41 Å². The number of aromatic nitrogens is 1. The molecule has 0 radical (unpaired) electrons. The van der Waals surface area contributed by atoms with Gasteiger partial charge in [-0.05, 0) is 58.2 Å². The van der Waals surface area contributed by atoms with Crippen molar-refractivity contribution in [2.75, 3.05) is 44.2 Å². The van der Waals surface area contributed by atoms with Gasteiger partial charge in [0.2, 0.25) is 0 Å². The van der Waals surface area contributed by atoms with Gasteiger partial charge >= 0.3 is 0 Å². The first-order valence-corrected chi connectivity index (χ1v) is 9.19. The van der Waals surface area contributed by atoms with Gasteiger partial charge in [-0.15, -0.1) is 23.7 Å². The van der Waals surface area contributed by atoms with Gasteiger partial charge in [0.05, 0.1) is 0 Å². The Balaban J connectivity index is 0.00000176. The van der Waals surface area contributed by atoms with E-state index in [0.29, 0.717) is 5.41 Å². The second kappa shape index (κ2) is 7.95. The zero-order valence-corrected chi connectivity index (χ0v) is 15.4. The minimum absolute atomic E-state index is 0. The molecule has 0 atom stereocenters. The summed E-state index contributed by atoms with van der Waals surface area (Å²) in [6, 6.07) is 0. The molecule has 6 heteroatoms. The van der Waals surface area contributed by atoms with Crippen molar-refractivity contribution in [3.8, 4) is 0 Å². The Kier molecular flexibility index (Phi) is 6.50. The van der Waals surface area contributed by atoms with Gasteiger partial charge in [0.25, 0.3) is 0 Å². The van der Waals surface area contributed by atoms with Crippen LogP contribution in [0.2, 0.25) is 0 Å². The molecule has 1 aromatic rings. The normalized spacial score (nSPS) is 21.0. The summed E-state index contributed by atoms with van der Waals surface area (Å²) in [7, 11) is 0. The van der Waals surface area contributed by atoms with Crippen molar-refractivity contribution in [3.63, 3.8) is 0 Å². The summed E-state index contributed by atoms with van der Waals surface area (Å²) in [5, 5.41) is 4.68. The van der Waals surface area contributed by atoms with Crippen LogP contribution in [-0.4, -0.2) is 49.2 Å². The molecule has 3 rings (SSSR count). The number of nitrogens with one attached hydrogen (secondary N) is 1. The highest BCUT2D eigenvalue weighted by atomic mass is 35.5. The van der Waals surface area contributed by atoms with Gasteiger partial charge in [0.1, 0.15) is 0 Å². The summed E-state index contributed by atoms with van der Waals surface area (Å²) in [6.07, 6.45) is 6.19. The molecule has 0 amide bonds. The molecule has 0 bridgehead atoms. The summed E-state index contributed by atoms with van der Waals surface area (Å²) in [5.41, 5.74) is 0.609. The minimum atomic E-state index is 0. The molecule has 2 aliphatic rings. The number of rotatable bonds is 5. The number of anilines is 1. The minimum Gasteiger partial charge on any atom is -0.349 e. The van der Waals surface area contributed by atoms with E-state index in [9.17, 15) is 0 Å². The smallest absolute Gasteiger partial charge is 0.185 e. The van der Waals surface area contributed by atoms with Gasteiger partial charge in [-0.2, -0.15) is 0 Å². The van der Waals surface area contributed by atoms with E-state index in [4.69, 9.17) is 0 Å². The van der Waals surface area contributed by atoms with Crippen LogP contribution in [-0.2, 0) is 6.54 Å². The third-order valence-electron chi connectivity index (χ3n) is 5.14. The molecule has 3 heterocycles. The Morgan fingerprint density at radius 2 is 2.00 bits per heavy atom. The average Bonchev–Trinajstić information content (AvgIpc) is 3.10. The molecule has 2 saturated heterocycles. The van der Waals surface area contributed by atoms with Crippen LogP contribution < -0.4 is 10.2 Å². The van der Waals surface area contributed by atoms with E-state index in [-0.39, 0.29) is 12.4 Å². The maximum Gasteiger partial charge on any atom is 0.185 e. The molecule has 0 aromatic carbocycles. The Bertz CT molecular complexity index is 455. The van der Waals surface area contributed by atoms with E-state index in [2.05, 4.69) is 40.1 Å². The number of halogens is 1. The average molecular weight is 345 g/mol. The van der Waals surface area contributed by atoms with Crippen LogP contribution in [0.5, 0.6) is 0 Å². The maximum atomic E-state index is 4.61. The second-order valence-electron chi connectivity index (χ2n) is 6.49. The molecular formula is C16H29ClN4S. The van der Waals surface area contributed by atoms with Crippen molar-refractivity contribution < 1.29 is 0 Å². The van der Waals surface area contributed by atoms with Crippen LogP contribution in [0, 0.1) is 5.41 Å². The van der Waals surface area contributed by atoms with Crippen LogP contribution in [0.3, 0.4) is 0 Å². The Morgan fingerprint density at radius 3 is 2.68 bits per heavy atom. The molecule has 4 nitrogen and oxygen atoms in total. The van der Waals surface area contributed by atoms with Gasteiger partial charge < -0.3 is 10.2 Å². The molecule has 0 aliphatic carbocycles. The molecule has 0 unspecified atom stereocenters. The lowest BCUT2D eigenvalue weighted by Gasteiger charge is -2.33. The fourth-order valence-corrected chi connectivity index (χ4v) is 4.84. The maximum absolute atomic E-state index is 4.61. The highest BCUT2D eigenvalue weighted by Gasteiger charge is 2.38. The van der Waals surface area contributed by atoms with Crippen molar-refractivity contribution in [1.82, 2.24) is 15.2 Å². The van der Waals surface area contributed by atoms with Crippen molar-refractivity contribution in [2.45, 2.75) is 39.7 Å². The molecular weight excluding hydrogens is 316 g/mol. The van der Waals surface area contributed by atoms with E-state index in [0.717, 1.165) is 19.6 Å². The lowest BCUT2D eigenvalue weighted by Crippen LogP contribution is -2.38. The van der Waals surface area contributed by atoms with Gasteiger partial charge in [-0.25, -0.2) is 4.98 Å². The molecule has 2 fully saturated rings. The first-order valence-electron chi connectivity index (χ1n) is 8.37. The quantitative estimate of drug-likeness (QED) is 0.889. The highest BCUT2D eigenvalue weighted by molar-refractivity contribution is 7.15. The zero-order valence-electron chi connectivity index (χ0n) is 13.8. The first-order chi connectivity index (χ1) is 10.2. The molecule has 1 N–H and O–H groups in total. The van der Waals surface area contributed by atoms with Crippen molar-refractivity contribution in [1.29, 1.82) is 0 Å². The van der Waals surface area contributed by atoms with Crippen LogP contribution in [0.25, 0.3) is 0 Å². The van der Waals surface area contributed by atoms with Gasteiger partial charge in [-0.1, -0.05) is 0 Å². The van der Waals surface area contributed by atoms with Crippen molar-refractivity contribution in [3.05, 3.63) is 11.1 Å². The fraction of sp³-hybridized carbons (Fsp3) is 0.812. The second-order valence-corrected chi connectivity index (χ2v) is 7.59. The first kappa shape index (κ1) is 18.0. The van der Waals surface area contributed by atoms with Crippen LogP contribution in [0.1, 0.15) is 38.0 Å². The predicted octanol–water partition coefficient (Wildman–Crippen LogP) is 2.99. The lowest BCUT2D eigenvalue weighted by atomic mass is 9.78. The molecule has 1 spiro atoms. The standard InChI is InChI=1S/C16H28N4S.ClH/c1-3-20(4-2)15-18-11-14(21-15)12-19-10-7-16(13-19)5-8-17-9-6-16;/h11,17H,3-10,12-13H2,1-2H3;1H. The zero-order chi connectivity index (χ0) is 14.7. The summed E-state index contributed by atoms with van der Waals surface area (Å²) < 4.78 is 0. The van der Waals surface area contributed by atoms with Gasteiger partial charge in [0.15, 0.2) is 5.13 Å². The summed E-state index contributed by atoms with van der Waals surface area (Å²) in [6.45, 7) is 12.5.